The van der Waals surface area contributed by atoms with Gasteiger partial charge in [0.2, 0.25) is 0 Å². The van der Waals surface area contributed by atoms with Gasteiger partial charge < -0.3 is 10.2 Å². The molecule has 15 heavy (non-hydrogen) atoms. The number of hydrogen-bond donors (Lipinski definition) is 1. The van der Waals surface area contributed by atoms with Crippen molar-refractivity contribution >= 4 is 0 Å². The number of hydrogen-bond acceptors (Lipinski definition) is 2. The van der Waals surface area contributed by atoms with Crippen molar-refractivity contribution in [3.8, 4) is 0 Å². The van der Waals surface area contributed by atoms with Crippen LogP contribution in [0, 0.1) is 17.8 Å². The van der Waals surface area contributed by atoms with Gasteiger partial charge in [0.15, 0.2) is 0 Å². The maximum Gasteiger partial charge on any atom is 0.00341 e. The summed E-state index contributed by atoms with van der Waals surface area (Å²) >= 11 is 0. The van der Waals surface area contributed by atoms with Gasteiger partial charge in [-0.1, -0.05) is 19.3 Å². The van der Waals surface area contributed by atoms with Crippen LogP contribution in [0.15, 0.2) is 0 Å². The van der Waals surface area contributed by atoms with Crippen LogP contribution in [0.3, 0.4) is 0 Å². The van der Waals surface area contributed by atoms with Gasteiger partial charge in [-0.25, -0.2) is 0 Å². The lowest BCUT2D eigenvalue weighted by molar-refractivity contribution is 0.0683. The Morgan fingerprint density at radius 2 is 1.80 bits per heavy atom. The van der Waals surface area contributed by atoms with Gasteiger partial charge >= 0.3 is 0 Å². The fourth-order valence-electron chi connectivity index (χ4n) is 3.68. The summed E-state index contributed by atoms with van der Waals surface area (Å²) in [5.41, 5.74) is 0. The minimum absolute atomic E-state index is 0.963. The lowest BCUT2D eigenvalue weighted by Crippen LogP contribution is -2.51. The maximum absolute atomic E-state index is 3.38. The van der Waals surface area contributed by atoms with E-state index in [1.54, 1.807) is 0 Å². The molecular formula is C13H24N2. The molecule has 2 aliphatic heterocycles. The van der Waals surface area contributed by atoms with Gasteiger partial charge in [0.1, 0.15) is 0 Å². The topological polar surface area (TPSA) is 15.3 Å². The highest BCUT2D eigenvalue weighted by molar-refractivity contribution is 4.86. The lowest BCUT2D eigenvalue weighted by atomic mass is 9.75. The van der Waals surface area contributed by atoms with E-state index in [-0.39, 0.29) is 0 Å². The minimum Gasteiger partial charge on any atom is -0.316 e. The Morgan fingerprint density at radius 3 is 2.53 bits per heavy atom. The van der Waals surface area contributed by atoms with E-state index in [4.69, 9.17) is 0 Å². The molecule has 2 unspecified atom stereocenters. The van der Waals surface area contributed by atoms with Gasteiger partial charge in [-0.15, -0.1) is 0 Å². The Morgan fingerprint density at radius 1 is 1.00 bits per heavy atom. The molecule has 3 aliphatic rings. The van der Waals surface area contributed by atoms with Gasteiger partial charge in [0, 0.05) is 26.2 Å². The first-order chi connectivity index (χ1) is 7.42. The number of nitrogens with one attached hydrogen (secondary N) is 1. The van der Waals surface area contributed by atoms with E-state index in [1.165, 1.54) is 64.8 Å². The molecule has 0 aromatic heterocycles. The molecule has 2 heteroatoms. The van der Waals surface area contributed by atoms with Crippen LogP contribution < -0.4 is 5.32 Å². The molecule has 2 atom stereocenters. The number of piperidine rings is 1. The van der Waals surface area contributed by atoms with Crippen molar-refractivity contribution in [2.45, 2.75) is 32.1 Å². The van der Waals surface area contributed by atoms with Crippen molar-refractivity contribution in [1.29, 1.82) is 0 Å². The molecule has 0 bridgehead atoms. The second kappa shape index (κ2) is 4.42. The van der Waals surface area contributed by atoms with Gasteiger partial charge in [-0.2, -0.15) is 0 Å². The van der Waals surface area contributed by atoms with E-state index >= 15 is 0 Å². The van der Waals surface area contributed by atoms with Crippen molar-refractivity contribution in [1.82, 2.24) is 10.2 Å². The highest BCUT2D eigenvalue weighted by atomic mass is 15.2. The largest absolute Gasteiger partial charge is 0.316 e. The molecule has 0 aromatic rings. The molecular weight excluding hydrogens is 184 g/mol. The van der Waals surface area contributed by atoms with Crippen molar-refractivity contribution in [2.24, 2.45) is 17.8 Å². The molecule has 1 N–H and O–H groups in total. The van der Waals surface area contributed by atoms with Crippen LogP contribution in [0.4, 0.5) is 0 Å². The molecule has 0 spiro atoms. The summed E-state index contributed by atoms with van der Waals surface area (Å²) in [5.74, 6) is 3.11. The summed E-state index contributed by atoms with van der Waals surface area (Å²) < 4.78 is 0. The summed E-state index contributed by atoms with van der Waals surface area (Å²) in [5, 5.41) is 3.38. The normalized spacial score (nSPS) is 38.4. The molecule has 2 nitrogen and oxygen atoms in total. The summed E-state index contributed by atoms with van der Waals surface area (Å²) in [6, 6.07) is 0. The Balaban J connectivity index is 1.50. The average Bonchev–Trinajstić information content (AvgIpc) is 2.23. The van der Waals surface area contributed by atoms with Crippen LogP contribution in [0.5, 0.6) is 0 Å². The molecule has 0 amide bonds. The second-order valence-corrected chi connectivity index (χ2v) is 5.88. The molecule has 3 rings (SSSR count). The van der Waals surface area contributed by atoms with E-state index in [2.05, 4.69) is 10.2 Å². The maximum atomic E-state index is 3.38. The third kappa shape index (κ3) is 2.21. The first-order valence-corrected chi connectivity index (χ1v) is 6.85. The Kier molecular flexibility index (Phi) is 2.98. The predicted octanol–water partition coefficient (Wildman–Crippen LogP) is 1.72. The zero-order chi connectivity index (χ0) is 10.1. The standard InChI is InChI=1S/C13H24N2/c1-2-4-13-10-15(6-5-12(13)3-1)9-11-7-14-8-11/h11-14H,1-10H2. The molecule has 3 fully saturated rings. The smallest absolute Gasteiger partial charge is 0.00341 e. The first-order valence-electron chi connectivity index (χ1n) is 6.85. The van der Waals surface area contributed by atoms with E-state index in [0.29, 0.717) is 0 Å². The number of fused-ring (bicyclic) bond motifs is 1. The monoisotopic (exact) mass is 208 g/mol. The Hall–Kier alpha value is -0.0800. The molecule has 1 saturated carbocycles. The van der Waals surface area contributed by atoms with Crippen LogP contribution in [-0.4, -0.2) is 37.6 Å². The minimum atomic E-state index is 0.963. The van der Waals surface area contributed by atoms with Crippen molar-refractivity contribution in [2.75, 3.05) is 32.7 Å². The summed E-state index contributed by atoms with van der Waals surface area (Å²) in [6.45, 7) is 6.71. The molecule has 1 aliphatic carbocycles. The van der Waals surface area contributed by atoms with Crippen LogP contribution in [0.25, 0.3) is 0 Å². The fraction of sp³-hybridized carbons (Fsp3) is 1.00. The lowest BCUT2D eigenvalue weighted by Gasteiger charge is -2.43. The quantitative estimate of drug-likeness (QED) is 0.743. The van der Waals surface area contributed by atoms with E-state index in [0.717, 1.165) is 17.8 Å². The average molecular weight is 208 g/mol. The fourth-order valence-corrected chi connectivity index (χ4v) is 3.68. The third-order valence-electron chi connectivity index (χ3n) is 4.76. The van der Waals surface area contributed by atoms with E-state index < -0.39 is 0 Å². The SMILES string of the molecule is C1CCC2CN(CC3CNC3)CCC2C1. The summed E-state index contributed by atoms with van der Waals surface area (Å²) in [6.07, 6.45) is 7.55. The molecule has 2 saturated heterocycles. The van der Waals surface area contributed by atoms with Crippen LogP contribution in [0.1, 0.15) is 32.1 Å². The van der Waals surface area contributed by atoms with Gasteiger partial charge in [-0.05, 0) is 37.1 Å². The summed E-state index contributed by atoms with van der Waals surface area (Å²) in [7, 11) is 0. The van der Waals surface area contributed by atoms with Crippen LogP contribution in [-0.2, 0) is 0 Å². The zero-order valence-electron chi connectivity index (χ0n) is 9.75. The van der Waals surface area contributed by atoms with Crippen LogP contribution in [0.2, 0.25) is 0 Å². The van der Waals surface area contributed by atoms with Crippen molar-refractivity contribution in [3.05, 3.63) is 0 Å². The Labute approximate surface area is 93.4 Å². The summed E-state index contributed by atoms with van der Waals surface area (Å²) in [4.78, 5) is 2.75. The van der Waals surface area contributed by atoms with E-state index in [9.17, 15) is 0 Å². The molecule has 0 radical (unpaired) electrons. The first kappa shape index (κ1) is 10.1. The predicted molar refractivity (Wildman–Crippen MR) is 62.9 cm³/mol. The van der Waals surface area contributed by atoms with Crippen molar-refractivity contribution < 1.29 is 0 Å². The van der Waals surface area contributed by atoms with Gasteiger partial charge in [0.05, 0.1) is 0 Å². The van der Waals surface area contributed by atoms with Crippen molar-refractivity contribution in [3.63, 3.8) is 0 Å². The van der Waals surface area contributed by atoms with Gasteiger partial charge in [-0.3, -0.25) is 0 Å². The number of nitrogens with zero attached hydrogens (tertiary/aromatic N) is 1. The molecule has 2 heterocycles. The highest BCUT2D eigenvalue weighted by Gasteiger charge is 2.32. The second-order valence-electron chi connectivity index (χ2n) is 5.88. The highest BCUT2D eigenvalue weighted by Crippen LogP contribution is 2.36. The van der Waals surface area contributed by atoms with Gasteiger partial charge in [0.25, 0.3) is 0 Å². The molecule has 0 aromatic carbocycles. The molecule has 86 valence electrons. The van der Waals surface area contributed by atoms with Crippen LogP contribution >= 0.6 is 0 Å². The van der Waals surface area contributed by atoms with E-state index in [1.807, 2.05) is 0 Å². The number of likely N-dealkylation sites (tertiary alicyclic amines) is 1. The zero-order valence-corrected chi connectivity index (χ0v) is 9.75. The number of rotatable bonds is 2. The Bertz CT molecular complexity index is 213. The third-order valence-corrected chi connectivity index (χ3v) is 4.76.